The Hall–Kier alpha value is -3.62. The summed E-state index contributed by atoms with van der Waals surface area (Å²) in [5, 5.41) is 4.95. The normalized spacial score (nSPS) is 12.8. The molecule has 0 aliphatic rings. The number of carbonyl (C=O) groups is 1. The molecule has 0 saturated carbocycles. The number of carbonyl (C=O) groups excluding carboxylic acids is 1. The first-order valence-electron chi connectivity index (χ1n) is 8.69. The monoisotopic (exact) mass is 400 g/mol. The Bertz CT molecular complexity index is 1170. The third-order valence-electron chi connectivity index (χ3n) is 4.56. The molecule has 0 N–H and O–H groups in total. The van der Waals surface area contributed by atoms with Crippen LogP contribution in [0, 0.1) is 0 Å². The average molecular weight is 400 g/mol. The van der Waals surface area contributed by atoms with Gasteiger partial charge in [-0.15, -0.1) is 0 Å². The van der Waals surface area contributed by atoms with Crippen LogP contribution < -0.4 is 4.84 Å². The maximum Gasteiger partial charge on any atom is 0.493 e. The van der Waals surface area contributed by atoms with Crippen LogP contribution in [0.1, 0.15) is 18.5 Å². The van der Waals surface area contributed by atoms with Crippen LogP contribution in [0.25, 0.3) is 22.2 Å². The number of alkyl halides is 3. The summed E-state index contributed by atoms with van der Waals surface area (Å²) in [5.74, 6) is -2.31. The van der Waals surface area contributed by atoms with Gasteiger partial charge in [0.25, 0.3) is 0 Å². The first-order valence-corrected chi connectivity index (χ1v) is 8.69. The average Bonchev–Trinajstić information content (AvgIpc) is 3.35. The third kappa shape index (κ3) is 3.58. The highest BCUT2D eigenvalue weighted by Crippen LogP contribution is 2.29. The predicted octanol–water partition coefficient (Wildman–Crippen LogP) is 4.03. The van der Waals surface area contributed by atoms with E-state index < -0.39 is 12.1 Å². The van der Waals surface area contributed by atoms with Crippen LogP contribution in [0.4, 0.5) is 13.2 Å². The summed E-state index contributed by atoms with van der Waals surface area (Å²) in [7, 11) is 0. The molecule has 4 rings (SSSR count). The molecule has 0 saturated heterocycles. The standard InChI is InChI=1S/C20H15F3N4O2/c1-13(14-5-3-2-4-6-14)26-12-15(11-25-26)16-7-9-24-18-17(16)8-10-27(18)29-19(28)20(21,22)23/h2-13H,1H3. The quantitative estimate of drug-likeness (QED) is 0.519. The zero-order chi connectivity index (χ0) is 20.6. The van der Waals surface area contributed by atoms with Crippen LogP contribution in [0.15, 0.2) is 67.3 Å². The molecule has 0 bridgehead atoms. The Morgan fingerprint density at radius 3 is 2.62 bits per heavy atom. The predicted molar refractivity (Wildman–Crippen MR) is 98.9 cm³/mol. The molecule has 0 aliphatic heterocycles. The van der Waals surface area contributed by atoms with Gasteiger partial charge in [-0.1, -0.05) is 30.3 Å². The fourth-order valence-corrected chi connectivity index (χ4v) is 3.05. The Morgan fingerprint density at radius 1 is 1.14 bits per heavy atom. The van der Waals surface area contributed by atoms with Crippen LogP contribution >= 0.6 is 0 Å². The topological polar surface area (TPSA) is 61.9 Å². The van der Waals surface area contributed by atoms with Gasteiger partial charge in [0.15, 0.2) is 5.65 Å². The molecule has 0 aliphatic carbocycles. The van der Waals surface area contributed by atoms with E-state index >= 15 is 0 Å². The number of benzene rings is 1. The Labute approximate surface area is 163 Å². The van der Waals surface area contributed by atoms with Gasteiger partial charge in [0.2, 0.25) is 0 Å². The van der Waals surface area contributed by atoms with E-state index in [0.717, 1.165) is 11.1 Å². The third-order valence-corrected chi connectivity index (χ3v) is 4.56. The van der Waals surface area contributed by atoms with Gasteiger partial charge < -0.3 is 4.84 Å². The highest BCUT2D eigenvalue weighted by atomic mass is 19.4. The van der Waals surface area contributed by atoms with Crippen molar-refractivity contribution in [3.63, 3.8) is 0 Å². The van der Waals surface area contributed by atoms with Crippen molar-refractivity contribution in [1.29, 1.82) is 0 Å². The zero-order valence-electron chi connectivity index (χ0n) is 15.2. The number of hydrogen-bond donors (Lipinski definition) is 0. The van der Waals surface area contributed by atoms with Gasteiger partial charge in [-0.3, -0.25) is 4.68 Å². The van der Waals surface area contributed by atoms with E-state index in [9.17, 15) is 18.0 Å². The van der Waals surface area contributed by atoms with Gasteiger partial charge in [0.05, 0.1) is 12.2 Å². The summed E-state index contributed by atoms with van der Waals surface area (Å²) in [6.45, 7) is 2.02. The summed E-state index contributed by atoms with van der Waals surface area (Å²) >= 11 is 0. The number of hydrogen-bond acceptors (Lipinski definition) is 4. The van der Waals surface area contributed by atoms with Gasteiger partial charge in [0, 0.05) is 29.5 Å². The fourth-order valence-electron chi connectivity index (χ4n) is 3.05. The number of rotatable bonds is 4. The molecule has 1 aromatic carbocycles. The lowest BCUT2D eigenvalue weighted by Gasteiger charge is -2.12. The van der Waals surface area contributed by atoms with Crippen molar-refractivity contribution in [3.8, 4) is 11.1 Å². The van der Waals surface area contributed by atoms with Crippen molar-refractivity contribution in [1.82, 2.24) is 19.5 Å². The van der Waals surface area contributed by atoms with Crippen molar-refractivity contribution in [3.05, 3.63) is 72.8 Å². The van der Waals surface area contributed by atoms with Crippen LogP contribution in [0.2, 0.25) is 0 Å². The van der Waals surface area contributed by atoms with E-state index in [0.29, 0.717) is 15.7 Å². The lowest BCUT2D eigenvalue weighted by atomic mass is 10.1. The molecule has 0 spiro atoms. The molecular formula is C20H15F3N4O2. The smallest absolute Gasteiger partial charge is 0.326 e. The minimum Gasteiger partial charge on any atom is -0.326 e. The van der Waals surface area contributed by atoms with Crippen LogP contribution in [-0.4, -0.2) is 31.6 Å². The van der Waals surface area contributed by atoms with Crippen molar-refractivity contribution in [2.24, 2.45) is 0 Å². The SMILES string of the molecule is CC(c1ccccc1)n1cc(-c2ccnc3c2ccn3OC(=O)C(F)(F)F)cn1. The molecule has 148 valence electrons. The zero-order valence-corrected chi connectivity index (χ0v) is 15.2. The van der Waals surface area contributed by atoms with Crippen LogP contribution in [-0.2, 0) is 4.79 Å². The summed E-state index contributed by atoms with van der Waals surface area (Å²) in [5.41, 5.74) is 2.67. The highest BCUT2D eigenvalue weighted by molar-refractivity contribution is 5.93. The largest absolute Gasteiger partial charge is 0.493 e. The molecule has 0 amide bonds. The second-order valence-electron chi connectivity index (χ2n) is 6.41. The van der Waals surface area contributed by atoms with E-state index in [-0.39, 0.29) is 11.7 Å². The molecular weight excluding hydrogens is 385 g/mol. The minimum atomic E-state index is -5.09. The molecule has 1 atom stereocenters. The van der Waals surface area contributed by atoms with E-state index in [1.165, 1.54) is 12.4 Å². The van der Waals surface area contributed by atoms with Gasteiger partial charge in [-0.2, -0.15) is 23.0 Å². The molecule has 4 aromatic rings. The fraction of sp³-hybridized carbons (Fsp3) is 0.150. The van der Waals surface area contributed by atoms with Crippen molar-refractivity contribution in [2.45, 2.75) is 19.1 Å². The minimum absolute atomic E-state index is 0.000355. The molecule has 9 heteroatoms. The summed E-state index contributed by atoms with van der Waals surface area (Å²) in [6, 6.07) is 13.1. The molecule has 0 radical (unpaired) electrons. The number of nitrogens with zero attached hydrogens (tertiary/aromatic N) is 4. The van der Waals surface area contributed by atoms with Gasteiger partial charge in [-0.05, 0) is 30.2 Å². The second kappa shape index (κ2) is 7.08. The van der Waals surface area contributed by atoms with Gasteiger partial charge in [0.1, 0.15) is 0 Å². The molecule has 3 heterocycles. The number of pyridine rings is 1. The van der Waals surface area contributed by atoms with Crippen molar-refractivity contribution in [2.75, 3.05) is 0 Å². The summed E-state index contributed by atoms with van der Waals surface area (Å²) in [6.07, 6.45) is 1.09. The van der Waals surface area contributed by atoms with Gasteiger partial charge in [-0.25, -0.2) is 9.78 Å². The van der Waals surface area contributed by atoms with Crippen LogP contribution in [0.5, 0.6) is 0 Å². The van der Waals surface area contributed by atoms with Crippen molar-refractivity contribution >= 4 is 17.0 Å². The first-order chi connectivity index (χ1) is 13.8. The molecule has 29 heavy (non-hydrogen) atoms. The summed E-state index contributed by atoms with van der Waals surface area (Å²) in [4.78, 5) is 19.6. The van der Waals surface area contributed by atoms with Gasteiger partial charge >= 0.3 is 12.1 Å². The maximum atomic E-state index is 12.5. The summed E-state index contributed by atoms with van der Waals surface area (Å²) < 4.78 is 40.0. The van der Waals surface area contributed by atoms with Crippen molar-refractivity contribution < 1.29 is 22.8 Å². The molecule has 6 nitrogen and oxygen atoms in total. The van der Waals surface area contributed by atoms with E-state index in [1.807, 2.05) is 43.5 Å². The number of aromatic nitrogens is 4. The maximum absolute atomic E-state index is 12.5. The van der Waals surface area contributed by atoms with E-state index in [4.69, 9.17) is 0 Å². The lowest BCUT2D eigenvalue weighted by molar-refractivity contribution is -0.199. The van der Waals surface area contributed by atoms with E-state index in [2.05, 4.69) is 14.9 Å². The molecule has 0 fully saturated rings. The first kappa shape index (κ1) is 18.7. The van der Waals surface area contributed by atoms with E-state index in [1.54, 1.807) is 23.0 Å². The molecule has 1 unspecified atom stereocenters. The second-order valence-corrected chi connectivity index (χ2v) is 6.41. The highest BCUT2D eigenvalue weighted by Gasteiger charge is 2.42. The number of halogens is 3. The number of fused-ring (bicyclic) bond motifs is 1. The Morgan fingerprint density at radius 2 is 1.90 bits per heavy atom. The Kier molecular flexibility index (Phi) is 4.57. The molecule has 3 aromatic heterocycles. The Balaban J connectivity index is 1.67. The van der Waals surface area contributed by atoms with Crippen LogP contribution in [0.3, 0.4) is 0 Å². The lowest BCUT2D eigenvalue weighted by Crippen LogP contribution is -2.33.